The maximum atomic E-state index is 12.2. The van der Waals surface area contributed by atoms with Crippen molar-refractivity contribution in [2.45, 2.75) is 38.5 Å². The van der Waals surface area contributed by atoms with E-state index >= 15 is 0 Å². The van der Waals surface area contributed by atoms with Gasteiger partial charge in [0.2, 0.25) is 5.91 Å². The van der Waals surface area contributed by atoms with Crippen LogP contribution in [0.4, 0.5) is 0 Å². The molecule has 2 fully saturated rings. The minimum atomic E-state index is 0.260. The Hall–Kier alpha value is -1.08. The van der Waals surface area contributed by atoms with Crippen molar-refractivity contribution in [3.05, 3.63) is 0 Å². The van der Waals surface area contributed by atoms with Crippen molar-refractivity contribution in [3.8, 4) is 6.07 Å². The minimum absolute atomic E-state index is 0.260. The summed E-state index contributed by atoms with van der Waals surface area (Å²) in [6, 6.07) is 2.18. The normalized spacial score (nSPS) is 22.1. The lowest BCUT2D eigenvalue weighted by atomic mass is 9.95. The van der Waals surface area contributed by atoms with Gasteiger partial charge in [-0.05, 0) is 51.7 Å². The van der Waals surface area contributed by atoms with E-state index in [1.54, 1.807) is 0 Å². The van der Waals surface area contributed by atoms with Crippen molar-refractivity contribution in [3.63, 3.8) is 0 Å². The van der Waals surface area contributed by atoms with Crippen LogP contribution < -0.4 is 0 Å². The number of rotatable bonds is 4. The Labute approximate surface area is 110 Å². The summed E-state index contributed by atoms with van der Waals surface area (Å²) in [7, 11) is 0. The molecule has 0 aromatic carbocycles. The molecule has 0 aliphatic carbocycles. The fourth-order valence-electron chi connectivity index (χ4n) is 2.98. The van der Waals surface area contributed by atoms with Crippen LogP contribution in [-0.2, 0) is 4.79 Å². The highest BCUT2D eigenvalue weighted by molar-refractivity contribution is 5.79. The lowest BCUT2D eigenvalue weighted by Crippen LogP contribution is -2.41. The summed E-state index contributed by atoms with van der Waals surface area (Å²) >= 11 is 0. The molecule has 2 heterocycles. The van der Waals surface area contributed by atoms with Crippen LogP contribution in [0, 0.1) is 17.2 Å². The van der Waals surface area contributed by atoms with Crippen LogP contribution in [0.5, 0.6) is 0 Å². The molecule has 100 valence electrons. The summed E-state index contributed by atoms with van der Waals surface area (Å²) in [4.78, 5) is 16.7. The number of carbonyl (C=O) groups is 1. The number of likely N-dealkylation sites (tertiary alicyclic amines) is 2. The molecule has 0 atom stereocenters. The topological polar surface area (TPSA) is 47.3 Å². The van der Waals surface area contributed by atoms with E-state index in [4.69, 9.17) is 5.26 Å². The molecule has 0 unspecified atom stereocenters. The van der Waals surface area contributed by atoms with Gasteiger partial charge in [-0.25, -0.2) is 0 Å². The molecule has 4 heteroatoms. The molecule has 0 bridgehead atoms. The van der Waals surface area contributed by atoms with Crippen LogP contribution in [0.2, 0.25) is 0 Å². The van der Waals surface area contributed by atoms with Crippen LogP contribution in [0.15, 0.2) is 0 Å². The van der Waals surface area contributed by atoms with Gasteiger partial charge in [0.05, 0.1) is 6.07 Å². The van der Waals surface area contributed by atoms with Gasteiger partial charge in [0.25, 0.3) is 0 Å². The van der Waals surface area contributed by atoms with Crippen molar-refractivity contribution in [2.24, 2.45) is 5.92 Å². The highest BCUT2D eigenvalue weighted by atomic mass is 16.2. The second-order valence-corrected chi connectivity index (χ2v) is 5.41. The van der Waals surface area contributed by atoms with Gasteiger partial charge in [-0.2, -0.15) is 5.26 Å². The minimum Gasteiger partial charge on any atom is -0.342 e. The van der Waals surface area contributed by atoms with E-state index in [1.165, 1.54) is 12.8 Å². The lowest BCUT2D eigenvalue weighted by molar-refractivity contribution is -0.135. The Morgan fingerprint density at radius 1 is 1.17 bits per heavy atom. The zero-order valence-electron chi connectivity index (χ0n) is 11.1. The average Bonchev–Trinajstić information content (AvgIpc) is 2.93. The fourth-order valence-corrected chi connectivity index (χ4v) is 2.98. The Balaban J connectivity index is 1.69. The number of hydrogen-bond donors (Lipinski definition) is 0. The molecule has 2 aliphatic heterocycles. The Morgan fingerprint density at radius 3 is 2.44 bits per heavy atom. The van der Waals surface area contributed by atoms with Crippen molar-refractivity contribution < 1.29 is 4.79 Å². The molecule has 0 radical (unpaired) electrons. The van der Waals surface area contributed by atoms with E-state index in [-0.39, 0.29) is 5.92 Å². The van der Waals surface area contributed by atoms with Crippen molar-refractivity contribution in [2.75, 3.05) is 32.7 Å². The number of hydrogen-bond acceptors (Lipinski definition) is 3. The van der Waals surface area contributed by atoms with Crippen LogP contribution >= 0.6 is 0 Å². The lowest BCUT2D eigenvalue weighted by Gasteiger charge is -2.32. The zero-order chi connectivity index (χ0) is 12.8. The molecule has 2 aliphatic rings. The maximum absolute atomic E-state index is 12.2. The van der Waals surface area contributed by atoms with Gasteiger partial charge in [-0.3, -0.25) is 4.79 Å². The molecule has 4 nitrogen and oxygen atoms in total. The van der Waals surface area contributed by atoms with Gasteiger partial charge < -0.3 is 9.80 Å². The molecular formula is C14H23N3O. The van der Waals surface area contributed by atoms with Gasteiger partial charge in [0.15, 0.2) is 0 Å². The number of amides is 1. The van der Waals surface area contributed by atoms with Gasteiger partial charge in [0, 0.05) is 25.4 Å². The van der Waals surface area contributed by atoms with E-state index in [0.717, 1.165) is 52.0 Å². The van der Waals surface area contributed by atoms with Crippen molar-refractivity contribution in [1.82, 2.24) is 9.80 Å². The van der Waals surface area contributed by atoms with Gasteiger partial charge in [-0.1, -0.05) is 0 Å². The van der Waals surface area contributed by atoms with Crippen LogP contribution in [-0.4, -0.2) is 48.4 Å². The third kappa shape index (κ3) is 3.46. The fraction of sp³-hybridized carbons (Fsp3) is 0.857. The van der Waals surface area contributed by atoms with Gasteiger partial charge >= 0.3 is 0 Å². The Bertz CT molecular complexity index is 309. The largest absolute Gasteiger partial charge is 0.342 e. The summed E-state index contributed by atoms with van der Waals surface area (Å²) < 4.78 is 0. The summed E-state index contributed by atoms with van der Waals surface area (Å²) in [6.07, 6.45) is 5.97. The summed E-state index contributed by atoms with van der Waals surface area (Å²) in [5, 5.41) is 8.51. The maximum Gasteiger partial charge on any atom is 0.225 e. The number of unbranched alkanes of at least 4 members (excludes halogenated alkanes) is 1. The number of piperidine rings is 1. The van der Waals surface area contributed by atoms with Crippen molar-refractivity contribution in [1.29, 1.82) is 5.26 Å². The van der Waals surface area contributed by atoms with E-state index in [0.29, 0.717) is 12.3 Å². The SMILES string of the molecule is N#CCCCN1CCC(C(=O)N2CCCC2)CC1. The molecular weight excluding hydrogens is 226 g/mol. The molecule has 2 saturated heterocycles. The Kier molecular flexibility index (Phi) is 5.00. The highest BCUT2D eigenvalue weighted by Crippen LogP contribution is 2.22. The third-order valence-electron chi connectivity index (χ3n) is 4.12. The molecule has 0 spiro atoms. The first-order valence-corrected chi connectivity index (χ1v) is 7.19. The van der Waals surface area contributed by atoms with Gasteiger partial charge in [0.1, 0.15) is 0 Å². The predicted molar refractivity (Wildman–Crippen MR) is 69.8 cm³/mol. The van der Waals surface area contributed by atoms with Crippen LogP contribution in [0.3, 0.4) is 0 Å². The molecule has 0 N–H and O–H groups in total. The van der Waals surface area contributed by atoms with E-state index in [1.807, 2.05) is 0 Å². The summed E-state index contributed by atoms with van der Waals surface area (Å²) in [5.74, 6) is 0.652. The van der Waals surface area contributed by atoms with Crippen LogP contribution in [0.25, 0.3) is 0 Å². The first kappa shape index (κ1) is 13.4. The third-order valence-corrected chi connectivity index (χ3v) is 4.12. The van der Waals surface area contributed by atoms with E-state index in [9.17, 15) is 4.79 Å². The molecule has 0 aromatic heterocycles. The van der Waals surface area contributed by atoms with E-state index in [2.05, 4.69) is 15.9 Å². The molecule has 2 rings (SSSR count). The first-order chi connectivity index (χ1) is 8.81. The highest BCUT2D eigenvalue weighted by Gasteiger charge is 2.29. The predicted octanol–water partition coefficient (Wildman–Crippen LogP) is 1.62. The van der Waals surface area contributed by atoms with E-state index < -0.39 is 0 Å². The second kappa shape index (κ2) is 6.75. The standard InChI is InChI=1S/C14H23N3O/c15-7-1-2-8-16-11-5-13(6-12-16)14(18)17-9-3-4-10-17/h13H,1-6,8-12H2. The van der Waals surface area contributed by atoms with Gasteiger partial charge in [-0.15, -0.1) is 0 Å². The average molecular weight is 249 g/mol. The number of carbonyl (C=O) groups excluding carboxylic acids is 1. The number of nitriles is 1. The summed E-state index contributed by atoms with van der Waals surface area (Å²) in [5.41, 5.74) is 0. The Morgan fingerprint density at radius 2 is 1.83 bits per heavy atom. The molecule has 0 aromatic rings. The van der Waals surface area contributed by atoms with Crippen molar-refractivity contribution >= 4 is 5.91 Å². The monoisotopic (exact) mass is 249 g/mol. The first-order valence-electron chi connectivity index (χ1n) is 7.19. The van der Waals surface area contributed by atoms with Crippen LogP contribution in [0.1, 0.15) is 38.5 Å². The summed E-state index contributed by atoms with van der Waals surface area (Å²) in [6.45, 7) is 5.01. The second-order valence-electron chi connectivity index (χ2n) is 5.41. The molecule has 18 heavy (non-hydrogen) atoms. The number of nitrogens with zero attached hydrogens (tertiary/aromatic N) is 3. The smallest absolute Gasteiger partial charge is 0.225 e. The quantitative estimate of drug-likeness (QED) is 0.711. The molecule has 0 saturated carbocycles. The molecule has 1 amide bonds. The zero-order valence-corrected chi connectivity index (χ0v) is 11.1.